The minimum Gasteiger partial charge on any atom is -0.457 e. The van der Waals surface area contributed by atoms with Crippen LogP contribution in [0.1, 0.15) is 29.3 Å². The summed E-state index contributed by atoms with van der Waals surface area (Å²) in [7, 11) is 0. The van der Waals surface area contributed by atoms with Gasteiger partial charge in [-0.3, -0.25) is 10.1 Å². The summed E-state index contributed by atoms with van der Waals surface area (Å²) in [6, 6.07) is 24.7. The molecule has 10 heteroatoms. The largest absolute Gasteiger partial charge is 0.457 e. The summed E-state index contributed by atoms with van der Waals surface area (Å²) in [6.07, 6.45) is 2.47. The van der Waals surface area contributed by atoms with E-state index in [0.717, 1.165) is 38.6 Å². The van der Waals surface area contributed by atoms with Crippen LogP contribution in [0.4, 0.5) is 4.79 Å². The number of amides is 1. The van der Waals surface area contributed by atoms with E-state index in [9.17, 15) is 4.79 Å². The van der Waals surface area contributed by atoms with Gasteiger partial charge in [-0.15, -0.1) is 0 Å². The third-order valence-electron chi connectivity index (χ3n) is 6.78. The van der Waals surface area contributed by atoms with Crippen molar-refractivity contribution < 1.29 is 13.9 Å². The van der Waals surface area contributed by atoms with E-state index in [1.807, 2.05) is 71.7 Å². The zero-order valence-corrected chi connectivity index (χ0v) is 23.9. The topological polar surface area (TPSA) is 67.1 Å². The molecule has 4 aromatic rings. The number of hydrazone groups is 1. The molecule has 2 atom stereocenters. The predicted molar refractivity (Wildman–Crippen MR) is 158 cm³/mol. The van der Waals surface area contributed by atoms with Crippen molar-refractivity contribution in [3.8, 4) is 17.1 Å². The molecule has 3 aliphatic heterocycles. The number of benzene rings is 3. The minimum absolute atomic E-state index is 0.148. The summed E-state index contributed by atoms with van der Waals surface area (Å²) in [6.45, 7) is 0. The van der Waals surface area contributed by atoms with Crippen molar-refractivity contribution >= 4 is 67.9 Å². The first-order valence-electron chi connectivity index (χ1n) is 12.1. The number of carbonyl (C=O) groups is 1. The van der Waals surface area contributed by atoms with Crippen LogP contribution >= 0.6 is 50.9 Å². The second-order valence-electron chi connectivity index (χ2n) is 9.29. The first-order valence-corrected chi connectivity index (χ1v) is 14.4. The van der Waals surface area contributed by atoms with E-state index in [1.165, 1.54) is 0 Å². The number of fused-ring (bicyclic) bond motifs is 4. The molecule has 1 amide bonds. The summed E-state index contributed by atoms with van der Waals surface area (Å²) in [5.41, 5.74) is 3.69. The molecule has 7 rings (SSSR count). The average Bonchev–Trinajstić information content (AvgIpc) is 3.63. The third-order valence-corrected chi connectivity index (χ3v) is 8.62. The van der Waals surface area contributed by atoms with E-state index < -0.39 is 5.85 Å². The van der Waals surface area contributed by atoms with Gasteiger partial charge in [0.2, 0.25) is 0 Å². The van der Waals surface area contributed by atoms with Crippen LogP contribution in [-0.4, -0.2) is 21.8 Å². The Morgan fingerprint density at radius 1 is 1.03 bits per heavy atom. The highest BCUT2D eigenvalue weighted by atomic mass is 79.9. The number of thioether (sulfide) groups is 1. The van der Waals surface area contributed by atoms with E-state index >= 15 is 0 Å². The molecule has 1 saturated heterocycles. The van der Waals surface area contributed by atoms with Gasteiger partial charge < -0.3 is 9.15 Å². The van der Waals surface area contributed by atoms with Gasteiger partial charge in [-0.1, -0.05) is 69.5 Å². The number of carbonyl (C=O) groups excluding carboxylic acids is 1. The Morgan fingerprint density at radius 2 is 1.82 bits per heavy atom. The first kappa shape index (κ1) is 24.8. The number of ether oxygens (including phenoxy) is 1. The average molecular weight is 639 g/mol. The lowest BCUT2D eigenvalue weighted by Gasteiger charge is -2.45. The summed E-state index contributed by atoms with van der Waals surface area (Å²) >= 11 is 17.0. The zero-order chi connectivity index (χ0) is 26.7. The molecule has 39 heavy (non-hydrogen) atoms. The van der Waals surface area contributed by atoms with Crippen LogP contribution in [0.3, 0.4) is 0 Å². The maximum absolute atomic E-state index is 12.9. The van der Waals surface area contributed by atoms with Crippen LogP contribution < -0.4 is 10.1 Å². The Labute approximate surface area is 246 Å². The highest BCUT2D eigenvalue weighted by molar-refractivity contribution is 9.10. The maximum Gasteiger partial charge on any atom is 0.314 e. The molecule has 1 N–H and O–H groups in total. The number of nitrogens with one attached hydrogen (secondary N) is 1. The third kappa shape index (κ3) is 4.36. The number of furan rings is 1. The van der Waals surface area contributed by atoms with Gasteiger partial charge in [-0.2, -0.15) is 5.10 Å². The second kappa shape index (κ2) is 9.48. The quantitative estimate of drug-likeness (QED) is 0.243. The lowest BCUT2D eigenvalue weighted by atomic mass is 9.96. The summed E-state index contributed by atoms with van der Waals surface area (Å²) in [5, 5.41) is 10.7. The van der Waals surface area contributed by atoms with Crippen molar-refractivity contribution in [1.82, 2.24) is 10.3 Å². The molecule has 4 heterocycles. The lowest BCUT2D eigenvalue weighted by Crippen LogP contribution is -2.61. The van der Waals surface area contributed by atoms with Crippen molar-refractivity contribution in [2.75, 3.05) is 0 Å². The van der Waals surface area contributed by atoms with Gasteiger partial charge in [0.25, 0.3) is 5.24 Å². The van der Waals surface area contributed by atoms with E-state index in [-0.39, 0.29) is 11.3 Å². The second-order valence-corrected chi connectivity index (χ2v) is 12.1. The summed E-state index contributed by atoms with van der Waals surface area (Å²) in [5.74, 6) is 0.514. The Balaban J connectivity index is 1.33. The fourth-order valence-electron chi connectivity index (χ4n) is 5.11. The van der Waals surface area contributed by atoms with Crippen molar-refractivity contribution in [3.63, 3.8) is 0 Å². The summed E-state index contributed by atoms with van der Waals surface area (Å²) in [4.78, 5) is 13.5. The van der Waals surface area contributed by atoms with Crippen molar-refractivity contribution in [1.29, 1.82) is 0 Å². The number of rotatable bonds is 3. The van der Waals surface area contributed by atoms with Gasteiger partial charge in [0.05, 0.1) is 16.7 Å². The maximum atomic E-state index is 12.9. The molecule has 2 unspecified atom stereocenters. The van der Waals surface area contributed by atoms with Gasteiger partial charge in [0.1, 0.15) is 17.3 Å². The van der Waals surface area contributed by atoms with Crippen LogP contribution in [0.5, 0.6) is 5.75 Å². The summed E-state index contributed by atoms with van der Waals surface area (Å²) < 4.78 is 13.7. The number of halogens is 3. The smallest absolute Gasteiger partial charge is 0.314 e. The highest BCUT2D eigenvalue weighted by Gasteiger charge is 2.58. The van der Waals surface area contributed by atoms with Crippen molar-refractivity contribution in [2.24, 2.45) is 5.10 Å². The van der Waals surface area contributed by atoms with E-state index in [1.54, 1.807) is 18.2 Å². The fourth-order valence-corrected chi connectivity index (χ4v) is 6.90. The van der Waals surface area contributed by atoms with Crippen LogP contribution in [0, 0.1) is 0 Å². The van der Waals surface area contributed by atoms with Crippen molar-refractivity contribution in [2.45, 2.75) is 18.3 Å². The monoisotopic (exact) mass is 637 g/mol. The first-order chi connectivity index (χ1) is 18.9. The van der Waals surface area contributed by atoms with E-state index in [4.69, 9.17) is 37.5 Å². The highest BCUT2D eigenvalue weighted by Crippen LogP contribution is 2.53. The van der Waals surface area contributed by atoms with Crippen LogP contribution in [-0.2, 0) is 0 Å². The van der Waals surface area contributed by atoms with Gasteiger partial charge in [0, 0.05) is 32.1 Å². The predicted octanol–water partition coefficient (Wildman–Crippen LogP) is 8.71. The molecule has 1 spiro atoms. The molecule has 3 aromatic carbocycles. The Morgan fingerprint density at radius 3 is 2.62 bits per heavy atom. The fraction of sp³-hybridized carbons (Fsp3) is 0.103. The number of hydrogen-bond donors (Lipinski definition) is 1. The molecule has 3 aliphatic rings. The number of nitrogens with zero attached hydrogens (tertiary/aromatic N) is 2. The molecule has 6 nitrogen and oxygen atoms in total. The standard InChI is InChI=1S/C29H18BrCl2N3O3S/c30-18-6-8-26-22(12-18)24-15-23(16-4-2-1-3-5-16)34-35(24)29(38-26)27(39-28(36)33-29)14-21-7-9-25(37-21)17-10-19(31)13-20(32)11-17/h1-14,24H,15H2,(H,33,36)/b27-14-. The van der Waals surface area contributed by atoms with Crippen LogP contribution in [0.2, 0.25) is 10.0 Å². The number of hydrogen-bond acceptors (Lipinski definition) is 6. The zero-order valence-electron chi connectivity index (χ0n) is 20.0. The minimum atomic E-state index is -1.32. The van der Waals surface area contributed by atoms with Crippen LogP contribution in [0.25, 0.3) is 17.4 Å². The molecular formula is C29H18BrCl2N3O3S. The van der Waals surface area contributed by atoms with E-state index in [2.05, 4.69) is 21.2 Å². The van der Waals surface area contributed by atoms with Gasteiger partial charge >= 0.3 is 5.85 Å². The Hall–Kier alpha value is -3.17. The molecule has 0 bridgehead atoms. The molecular weight excluding hydrogens is 621 g/mol. The molecule has 1 fully saturated rings. The van der Waals surface area contributed by atoms with E-state index in [0.29, 0.717) is 38.6 Å². The lowest BCUT2D eigenvalue weighted by molar-refractivity contribution is -0.0949. The normalized spacial score (nSPS) is 22.5. The molecule has 0 saturated carbocycles. The molecule has 0 radical (unpaired) electrons. The molecule has 0 aliphatic carbocycles. The van der Waals surface area contributed by atoms with Gasteiger partial charge in [-0.05, 0) is 71.9 Å². The Bertz CT molecular complexity index is 1690. The molecule has 1 aromatic heterocycles. The SMILES string of the molecule is O=C1NC2(Oc3ccc(Br)cc3C3CC(c4ccccc4)=NN32)/C(=C/c2ccc(-c3cc(Cl)cc(Cl)c3)o2)S1. The van der Waals surface area contributed by atoms with Gasteiger partial charge in [-0.25, -0.2) is 5.01 Å². The molecule has 194 valence electrons. The van der Waals surface area contributed by atoms with Crippen molar-refractivity contribution in [3.05, 3.63) is 115 Å². The van der Waals surface area contributed by atoms with Crippen LogP contribution in [0.15, 0.2) is 97.8 Å². The Kier molecular flexibility index (Phi) is 6.04. The van der Waals surface area contributed by atoms with Gasteiger partial charge in [0.15, 0.2) is 0 Å².